The van der Waals surface area contributed by atoms with E-state index < -0.39 is 11.7 Å². The van der Waals surface area contributed by atoms with Gasteiger partial charge in [0.1, 0.15) is 0 Å². The molecule has 0 unspecified atom stereocenters. The Balaban J connectivity index is 2.05. The largest absolute Gasteiger partial charge is 0.416 e. The van der Waals surface area contributed by atoms with Crippen molar-refractivity contribution in [2.24, 2.45) is 5.73 Å². The zero-order valence-electron chi connectivity index (χ0n) is 8.67. The number of nitrogens with zero attached hydrogens (tertiary/aromatic N) is 1. The summed E-state index contributed by atoms with van der Waals surface area (Å²) in [5.74, 6) is 0. The second-order valence-corrected chi connectivity index (χ2v) is 4.15. The maximum absolute atomic E-state index is 12.4. The van der Waals surface area contributed by atoms with E-state index in [4.69, 9.17) is 5.73 Å². The normalized spacial score (nSPS) is 18.5. The Morgan fingerprint density at radius 1 is 1.31 bits per heavy atom. The number of alkyl halides is 3. The molecular weight excluding hydrogens is 217 g/mol. The Kier molecular flexibility index (Phi) is 2.90. The van der Waals surface area contributed by atoms with Gasteiger partial charge in [0.05, 0.1) is 5.56 Å². The molecular formula is C11H13F3N2. The topological polar surface area (TPSA) is 29.3 Å². The number of halogens is 3. The van der Waals surface area contributed by atoms with Crippen LogP contribution >= 0.6 is 0 Å². The van der Waals surface area contributed by atoms with Crippen molar-refractivity contribution in [3.8, 4) is 0 Å². The molecule has 0 spiro atoms. The SMILES string of the molecule is NC1CN(Cc2cccc(C(F)(F)F)c2)C1. The molecule has 2 rings (SSSR count). The summed E-state index contributed by atoms with van der Waals surface area (Å²) in [7, 11) is 0. The summed E-state index contributed by atoms with van der Waals surface area (Å²) >= 11 is 0. The van der Waals surface area contributed by atoms with Crippen LogP contribution in [-0.4, -0.2) is 24.0 Å². The van der Waals surface area contributed by atoms with E-state index in [1.807, 2.05) is 4.90 Å². The van der Waals surface area contributed by atoms with Crippen LogP contribution in [0.25, 0.3) is 0 Å². The van der Waals surface area contributed by atoms with Crippen molar-refractivity contribution in [1.82, 2.24) is 4.90 Å². The Morgan fingerprint density at radius 2 is 2.00 bits per heavy atom. The molecule has 0 aromatic heterocycles. The molecule has 0 atom stereocenters. The van der Waals surface area contributed by atoms with E-state index in [1.165, 1.54) is 12.1 Å². The fraction of sp³-hybridized carbons (Fsp3) is 0.455. The molecule has 2 N–H and O–H groups in total. The first-order valence-electron chi connectivity index (χ1n) is 5.09. The lowest BCUT2D eigenvalue weighted by atomic mass is 10.1. The molecule has 16 heavy (non-hydrogen) atoms. The Hall–Kier alpha value is -1.07. The van der Waals surface area contributed by atoms with E-state index in [-0.39, 0.29) is 6.04 Å². The molecule has 1 aromatic rings. The van der Waals surface area contributed by atoms with Crippen LogP contribution in [0.3, 0.4) is 0 Å². The van der Waals surface area contributed by atoms with Gasteiger partial charge in [-0.3, -0.25) is 4.90 Å². The first kappa shape index (κ1) is 11.4. The molecule has 2 nitrogen and oxygen atoms in total. The van der Waals surface area contributed by atoms with Crippen LogP contribution in [0.1, 0.15) is 11.1 Å². The minimum Gasteiger partial charge on any atom is -0.325 e. The zero-order chi connectivity index (χ0) is 11.8. The van der Waals surface area contributed by atoms with Crippen LogP contribution in [0.4, 0.5) is 13.2 Å². The zero-order valence-corrected chi connectivity index (χ0v) is 8.67. The van der Waals surface area contributed by atoms with Crippen molar-refractivity contribution in [3.05, 3.63) is 35.4 Å². The highest BCUT2D eigenvalue weighted by molar-refractivity contribution is 5.25. The number of hydrogen-bond acceptors (Lipinski definition) is 2. The van der Waals surface area contributed by atoms with Gasteiger partial charge in [-0.2, -0.15) is 13.2 Å². The van der Waals surface area contributed by atoms with Crippen molar-refractivity contribution in [2.75, 3.05) is 13.1 Å². The van der Waals surface area contributed by atoms with E-state index in [2.05, 4.69) is 0 Å². The predicted octanol–water partition coefficient (Wildman–Crippen LogP) is 1.85. The Labute approximate surface area is 91.8 Å². The summed E-state index contributed by atoms with van der Waals surface area (Å²) in [6.45, 7) is 2.06. The smallest absolute Gasteiger partial charge is 0.325 e. The number of likely N-dealkylation sites (tertiary alicyclic amines) is 1. The monoisotopic (exact) mass is 230 g/mol. The van der Waals surface area contributed by atoms with Gasteiger partial charge in [-0.25, -0.2) is 0 Å². The van der Waals surface area contributed by atoms with E-state index in [0.717, 1.165) is 19.2 Å². The molecule has 88 valence electrons. The lowest BCUT2D eigenvalue weighted by Gasteiger charge is -2.36. The summed E-state index contributed by atoms with van der Waals surface area (Å²) < 4.78 is 37.3. The third-order valence-electron chi connectivity index (χ3n) is 2.65. The molecule has 0 saturated carbocycles. The van der Waals surface area contributed by atoms with Gasteiger partial charge >= 0.3 is 6.18 Å². The minimum atomic E-state index is -4.26. The van der Waals surface area contributed by atoms with Gasteiger partial charge < -0.3 is 5.73 Å². The highest BCUT2D eigenvalue weighted by Gasteiger charge is 2.30. The number of nitrogens with two attached hydrogens (primary N) is 1. The Bertz CT molecular complexity index is 370. The van der Waals surface area contributed by atoms with Gasteiger partial charge in [0.15, 0.2) is 0 Å². The summed E-state index contributed by atoms with van der Waals surface area (Å²) in [5.41, 5.74) is 5.69. The lowest BCUT2D eigenvalue weighted by Crippen LogP contribution is -2.54. The molecule has 1 saturated heterocycles. The van der Waals surface area contributed by atoms with Crippen molar-refractivity contribution in [1.29, 1.82) is 0 Å². The lowest BCUT2D eigenvalue weighted by molar-refractivity contribution is -0.137. The number of hydrogen-bond donors (Lipinski definition) is 1. The van der Waals surface area contributed by atoms with Gasteiger partial charge in [0, 0.05) is 25.7 Å². The van der Waals surface area contributed by atoms with Gasteiger partial charge in [-0.15, -0.1) is 0 Å². The molecule has 0 amide bonds. The second-order valence-electron chi connectivity index (χ2n) is 4.15. The molecule has 1 fully saturated rings. The van der Waals surface area contributed by atoms with Crippen LogP contribution in [0.2, 0.25) is 0 Å². The summed E-state index contributed by atoms with van der Waals surface area (Å²) in [4.78, 5) is 2.03. The van der Waals surface area contributed by atoms with E-state index in [1.54, 1.807) is 6.07 Å². The third kappa shape index (κ3) is 2.54. The average Bonchev–Trinajstić information content (AvgIpc) is 2.14. The predicted molar refractivity (Wildman–Crippen MR) is 54.7 cm³/mol. The number of benzene rings is 1. The molecule has 0 aliphatic carbocycles. The summed E-state index contributed by atoms with van der Waals surface area (Å²) in [6.07, 6.45) is -4.26. The highest BCUT2D eigenvalue weighted by atomic mass is 19.4. The van der Waals surface area contributed by atoms with Gasteiger partial charge in [-0.1, -0.05) is 18.2 Å². The second kappa shape index (κ2) is 4.07. The van der Waals surface area contributed by atoms with Crippen molar-refractivity contribution >= 4 is 0 Å². The van der Waals surface area contributed by atoms with Gasteiger partial charge in [0.25, 0.3) is 0 Å². The molecule has 0 bridgehead atoms. The highest BCUT2D eigenvalue weighted by Crippen LogP contribution is 2.29. The quantitative estimate of drug-likeness (QED) is 0.840. The molecule has 0 radical (unpaired) electrons. The van der Waals surface area contributed by atoms with Gasteiger partial charge in [-0.05, 0) is 11.6 Å². The average molecular weight is 230 g/mol. The molecule has 5 heteroatoms. The van der Waals surface area contributed by atoms with E-state index in [9.17, 15) is 13.2 Å². The van der Waals surface area contributed by atoms with Crippen LogP contribution in [0.15, 0.2) is 24.3 Å². The maximum Gasteiger partial charge on any atom is 0.416 e. The summed E-state index contributed by atoms with van der Waals surface area (Å²) in [5, 5.41) is 0. The molecule has 1 aliphatic heterocycles. The van der Waals surface area contributed by atoms with E-state index in [0.29, 0.717) is 12.1 Å². The number of rotatable bonds is 2. The Morgan fingerprint density at radius 3 is 2.56 bits per heavy atom. The molecule has 1 aromatic carbocycles. The maximum atomic E-state index is 12.4. The third-order valence-corrected chi connectivity index (χ3v) is 2.65. The fourth-order valence-corrected chi connectivity index (χ4v) is 1.84. The van der Waals surface area contributed by atoms with Crippen molar-refractivity contribution < 1.29 is 13.2 Å². The summed E-state index contributed by atoms with van der Waals surface area (Å²) in [6, 6.07) is 5.61. The van der Waals surface area contributed by atoms with Crippen LogP contribution < -0.4 is 5.73 Å². The van der Waals surface area contributed by atoms with Gasteiger partial charge in [0.2, 0.25) is 0 Å². The fourth-order valence-electron chi connectivity index (χ4n) is 1.84. The minimum absolute atomic E-state index is 0.172. The standard InChI is InChI=1S/C11H13F3N2/c12-11(13,14)9-3-1-2-8(4-9)5-16-6-10(15)7-16/h1-4,10H,5-7,15H2. The first-order chi connectivity index (χ1) is 7.45. The molecule has 1 heterocycles. The molecule has 1 aliphatic rings. The van der Waals surface area contributed by atoms with E-state index >= 15 is 0 Å². The van der Waals surface area contributed by atoms with Crippen LogP contribution in [0.5, 0.6) is 0 Å². The first-order valence-corrected chi connectivity index (χ1v) is 5.09. The van der Waals surface area contributed by atoms with Crippen molar-refractivity contribution in [3.63, 3.8) is 0 Å². The van der Waals surface area contributed by atoms with Crippen LogP contribution in [-0.2, 0) is 12.7 Å². The van der Waals surface area contributed by atoms with Crippen LogP contribution in [0, 0.1) is 0 Å². The van der Waals surface area contributed by atoms with Crippen molar-refractivity contribution in [2.45, 2.75) is 18.8 Å².